The number of halogens is 6. The summed E-state index contributed by atoms with van der Waals surface area (Å²) in [7, 11) is -3.42. The number of aromatic nitrogens is 4. The van der Waals surface area contributed by atoms with Crippen LogP contribution in [0.5, 0.6) is 0 Å². The molecule has 0 aliphatic heterocycles. The molecule has 3 aromatic rings. The maximum absolute atomic E-state index is 13.9. The highest BCUT2D eigenvalue weighted by molar-refractivity contribution is 7.91. The Kier molecular flexibility index (Phi) is 6.93. The minimum atomic E-state index is -5.85. The average Bonchev–Trinajstić information content (AvgIpc) is 3.28. The lowest BCUT2D eigenvalue weighted by Gasteiger charge is -2.35. The lowest BCUT2D eigenvalue weighted by Crippen LogP contribution is -2.55. The molecule has 1 amide bonds. The van der Waals surface area contributed by atoms with E-state index in [9.17, 15) is 39.6 Å². The fourth-order valence-corrected chi connectivity index (χ4v) is 4.27. The number of hydrogen-bond donors (Lipinski definition) is 2. The molecule has 0 saturated heterocycles. The number of nitrogens with zero attached hydrogens (tertiary/aromatic N) is 3. The zero-order chi connectivity index (χ0) is 26.1. The van der Waals surface area contributed by atoms with Crippen LogP contribution in [0.4, 0.5) is 32.0 Å². The van der Waals surface area contributed by atoms with Crippen molar-refractivity contribution in [1.29, 1.82) is 0 Å². The molecule has 3 rings (SSSR count). The maximum Gasteiger partial charge on any atom is 0.414 e. The summed E-state index contributed by atoms with van der Waals surface area (Å²) in [6.07, 6.45) is -11.9. The average molecular weight is 521 g/mol. The molecule has 0 atom stereocenters. The molecule has 1 heterocycles. The first-order chi connectivity index (χ1) is 16.2. The van der Waals surface area contributed by atoms with Crippen LogP contribution in [0.3, 0.4) is 0 Å². The Morgan fingerprint density at radius 2 is 1.51 bits per heavy atom. The summed E-state index contributed by atoms with van der Waals surface area (Å²) >= 11 is 0. The van der Waals surface area contributed by atoms with Gasteiger partial charge < -0.3 is 5.32 Å². The Balaban J connectivity index is 1.83. The largest absolute Gasteiger partial charge is 0.414 e. The molecule has 0 unspecified atom stereocenters. The second-order valence-electron chi connectivity index (χ2n) is 7.35. The van der Waals surface area contributed by atoms with Gasteiger partial charge in [0.15, 0.2) is 15.7 Å². The molecule has 0 aliphatic rings. The molecule has 8 nitrogen and oxygen atoms in total. The van der Waals surface area contributed by atoms with Crippen LogP contribution in [0.25, 0.3) is 0 Å². The summed E-state index contributed by atoms with van der Waals surface area (Å²) in [6.45, 7) is 1.48. The molecule has 0 radical (unpaired) electrons. The van der Waals surface area contributed by atoms with E-state index in [1.807, 2.05) is 0 Å². The van der Waals surface area contributed by atoms with E-state index in [0.29, 0.717) is 17.7 Å². The van der Waals surface area contributed by atoms with Crippen LogP contribution in [-0.4, -0.2) is 53.1 Å². The first-order valence-corrected chi connectivity index (χ1v) is 11.5. The fraction of sp³-hybridized carbons (Fsp3) is 0.300. The summed E-state index contributed by atoms with van der Waals surface area (Å²) < 4.78 is 107. The van der Waals surface area contributed by atoms with E-state index in [2.05, 4.69) is 20.8 Å². The summed E-state index contributed by atoms with van der Waals surface area (Å²) in [4.78, 5) is 12.4. The highest BCUT2D eigenvalue weighted by Gasteiger charge is 2.74. The molecule has 35 heavy (non-hydrogen) atoms. The first kappa shape index (κ1) is 26.1. The third-order valence-corrected chi connectivity index (χ3v) is 6.93. The molecule has 1 aromatic heterocycles. The molecule has 0 fully saturated rings. The van der Waals surface area contributed by atoms with E-state index in [0.717, 1.165) is 12.1 Å². The SMILES string of the molecule is CCS(=O)(=O)c1ccc(CC(=O)Nc2ccc(C(c3nnn[nH]3)(C(F)(F)F)C(F)(F)F)cc2)cc1. The third-order valence-electron chi connectivity index (χ3n) is 5.18. The molecular formula is C20H17F6N5O3S. The van der Waals surface area contributed by atoms with Crippen LogP contribution in [-0.2, 0) is 26.5 Å². The highest BCUT2D eigenvalue weighted by atomic mass is 32.2. The Labute approximate surface area is 194 Å². The maximum atomic E-state index is 13.9. The Morgan fingerprint density at radius 1 is 0.943 bits per heavy atom. The van der Waals surface area contributed by atoms with E-state index in [-0.39, 0.29) is 22.8 Å². The molecule has 2 N–H and O–H groups in total. The minimum Gasteiger partial charge on any atom is -0.326 e. The molecular weight excluding hydrogens is 504 g/mol. The van der Waals surface area contributed by atoms with E-state index in [1.54, 1.807) is 5.10 Å². The van der Waals surface area contributed by atoms with E-state index in [4.69, 9.17) is 0 Å². The van der Waals surface area contributed by atoms with Gasteiger partial charge in [-0.25, -0.2) is 13.5 Å². The van der Waals surface area contributed by atoms with Crippen LogP contribution >= 0.6 is 0 Å². The topological polar surface area (TPSA) is 118 Å². The molecule has 0 saturated carbocycles. The molecule has 0 spiro atoms. The zero-order valence-corrected chi connectivity index (χ0v) is 18.6. The number of hydrogen-bond acceptors (Lipinski definition) is 6. The van der Waals surface area contributed by atoms with Crippen LogP contribution in [0, 0.1) is 0 Å². The number of alkyl halides is 6. The summed E-state index contributed by atoms with van der Waals surface area (Å²) in [5, 5.41) is 12.5. The third kappa shape index (κ3) is 4.99. The Hall–Kier alpha value is -3.49. The quantitative estimate of drug-likeness (QED) is 0.459. The van der Waals surface area contributed by atoms with Crippen molar-refractivity contribution in [1.82, 2.24) is 20.6 Å². The van der Waals surface area contributed by atoms with E-state index < -0.39 is 44.9 Å². The predicted octanol–water partition coefficient (Wildman–Crippen LogP) is 3.59. The molecule has 15 heteroatoms. The van der Waals surface area contributed by atoms with Gasteiger partial charge in [-0.1, -0.05) is 31.2 Å². The number of benzene rings is 2. The Morgan fingerprint density at radius 3 is 1.97 bits per heavy atom. The number of nitrogens with one attached hydrogen (secondary N) is 2. The van der Waals surface area contributed by atoms with Gasteiger partial charge >= 0.3 is 12.4 Å². The summed E-state index contributed by atoms with van der Waals surface area (Å²) in [5.74, 6) is -2.27. The number of carbonyl (C=O) groups excluding carboxylic acids is 1. The molecule has 0 bridgehead atoms. The van der Waals surface area contributed by atoms with Gasteiger partial charge in [0.25, 0.3) is 0 Å². The number of aromatic amines is 1. The van der Waals surface area contributed by atoms with Gasteiger partial charge in [-0.05, 0) is 45.8 Å². The van der Waals surface area contributed by atoms with Crippen LogP contribution < -0.4 is 5.32 Å². The van der Waals surface area contributed by atoms with Gasteiger partial charge in [0.1, 0.15) is 0 Å². The summed E-state index contributed by atoms with van der Waals surface area (Å²) in [6, 6.07) is 8.45. The number of sulfone groups is 1. The van der Waals surface area contributed by atoms with Crippen LogP contribution in [0.15, 0.2) is 53.4 Å². The lowest BCUT2D eigenvalue weighted by atomic mass is 9.78. The highest BCUT2D eigenvalue weighted by Crippen LogP contribution is 2.55. The lowest BCUT2D eigenvalue weighted by molar-refractivity contribution is -0.290. The van der Waals surface area contributed by atoms with Crippen LogP contribution in [0.1, 0.15) is 23.9 Å². The van der Waals surface area contributed by atoms with Crippen molar-refractivity contribution >= 4 is 21.4 Å². The number of rotatable bonds is 7. The number of anilines is 1. The second-order valence-corrected chi connectivity index (χ2v) is 9.62. The van der Waals surface area contributed by atoms with E-state index >= 15 is 0 Å². The van der Waals surface area contributed by atoms with Crippen molar-refractivity contribution in [2.45, 2.75) is 36.0 Å². The van der Waals surface area contributed by atoms with Crippen molar-refractivity contribution in [3.8, 4) is 0 Å². The van der Waals surface area contributed by atoms with Crippen molar-refractivity contribution in [3.05, 3.63) is 65.5 Å². The van der Waals surface area contributed by atoms with Crippen molar-refractivity contribution < 1.29 is 39.6 Å². The fourth-order valence-electron chi connectivity index (χ4n) is 3.39. The van der Waals surface area contributed by atoms with Crippen molar-refractivity contribution in [2.24, 2.45) is 0 Å². The van der Waals surface area contributed by atoms with Gasteiger partial charge in [0, 0.05) is 5.69 Å². The normalized spacial score (nSPS) is 13.0. The van der Waals surface area contributed by atoms with Gasteiger partial charge in [-0.15, -0.1) is 5.10 Å². The van der Waals surface area contributed by atoms with Gasteiger partial charge in [0.05, 0.1) is 17.1 Å². The smallest absolute Gasteiger partial charge is 0.326 e. The zero-order valence-electron chi connectivity index (χ0n) is 17.8. The number of amides is 1. The minimum absolute atomic E-state index is 0.0575. The predicted molar refractivity (Wildman–Crippen MR) is 110 cm³/mol. The van der Waals surface area contributed by atoms with Gasteiger partial charge in [-0.3, -0.25) is 4.79 Å². The number of tetrazole rings is 1. The summed E-state index contributed by atoms with van der Waals surface area (Å²) in [5.41, 5.74) is -5.34. The number of H-pyrrole nitrogens is 1. The van der Waals surface area contributed by atoms with Crippen molar-refractivity contribution in [2.75, 3.05) is 11.1 Å². The molecule has 188 valence electrons. The standard InChI is InChI=1S/C20H17F6N5O3S/c1-2-35(33,34)15-9-3-12(4-10-15)11-16(32)27-14-7-5-13(6-8-14)18(19(21,22)23,20(24,25)26)17-28-30-31-29-17/h3-10H,2,11H2,1H3,(H,27,32)(H,28,29,30,31). The van der Waals surface area contributed by atoms with Gasteiger partial charge in [0.2, 0.25) is 11.3 Å². The van der Waals surface area contributed by atoms with Crippen LogP contribution in [0.2, 0.25) is 0 Å². The monoisotopic (exact) mass is 521 g/mol. The molecule has 2 aromatic carbocycles. The first-order valence-electron chi connectivity index (χ1n) is 9.82. The molecule has 0 aliphatic carbocycles. The Bertz CT molecular complexity index is 1260. The van der Waals surface area contributed by atoms with Crippen molar-refractivity contribution in [3.63, 3.8) is 0 Å². The number of carbonyl (C=O) groups is 1. The van der Waals surface area contributed by atoms with E-state index in [1.165, 1.54) is 31.2 Å². The second kappa shape index (κ2) is 9.28. The van der Waals surface area contributed by atoms with Gasteiger partial charge in [-0.2, -0.15) is 26.3 Å².